The Morgan fingerprint density at radius 2 is 2.05 bits per heavy atom. The molecule has 0 bridgehead atoms. The summed E-state index contributed by atoms with van der Waals surface area (Å²) in [4.78, 5) is 11.4. The quantitative estimate of drug-likeness (QED) is 0.761. The third kappa shape index (κ3) is 5.37. The zero-order chi connectivity index (χ0) is 14.3. The van der Waals surface area contributed by atoms with Crippen LogP contribution in [0.2, 0.25) is 10.0 Å². The second-order valence-corrected chi connectivity index (χ2v) is 4.82. The molecule has 1 aromatic rings. The van der Waals surface area contributed by atoms with E-state index in [1.165, 1.54) is 0 Å². The minimum atomic E-state index is -0.948. The highest BCUT2D eigenvalue weighted by molar-refractivity contribution is 6.36. The Morgan fingerprint density at radius 3 is 2.63 bits per heavy atom. The largest absolute Gasteiger partial charge is 0.386 e. The van der Waals surface area contributed by atoms with Crippen LogP contribution < -0.4 is 5.32 Å². The van der Waals surface area contributed by atoms with E-state index < -0.39 is 6.10 Å². The van der Waals surface area contributed by atoms with Gasteiger partial charge in [0, 0.05) is 28.8 Å². The monoisotopic (exact) mass is 305 g/mol. The number of benzene rings is 1. The number of rotatable bonds is 7. The zero-order valence-electron chi connectivity index (χ0n) is 10.7. The molecule has 0 fully saturated rings. The first-order chi connectivity index (χ1) is 9.06. The third-order valence-electron chi connectivity index (χ3n) is 2.41. The molecule has 0 heterocycles. The van der Waals surface area contributed by atoms with Crippen LogP contribution in [-0.4, -0.2) is 30.8 Å². The first-order valence-electron chi connectivity index (χ1n) is 6.02. The molecule has 106 valence electrons. The molecule has 0 aliphatic rings. The van der Waals surface area contributed by atoms with Crippen molar-refractivity contribution < 1.29 is 14.6 Å². The average Bonchev–Trinajstić information content (AvgIpc) is 2.36. The molecule has 0 spiro atoms. The maximum absolute atomic E-state index is 11.4. The highest BCUT2D eigenvalue weighted by atomic mass is 35.5. The van der Waals surface area contributed by atoms with Crippen molar-refractivity contribution in [3.63, 3.8) is 0 Å². The Kier molecular flexibility index (Phi) is 7.16. The van der Waals surface area contributed by atoms with Crippen molar-refractivity contribution in [3.05, 3.63) is 33.8 Å². The summed E-state index contributed by atoms with van der Waals surface area (Å²) in [6.45, 7) is 2.52. The van der Waals surface area contributed by atoms with Crippen LogP contribution in [-0.2, 0) is 9.53 Å². The molecule has 2 N–H and O–H groups in total. The van der Waals surface area contributed by atoms with Crippen LogP contribution in [0.25, 0.3) is 0 Å². The molecule has 6 heteroatoms. The Bertz CT molecular complexity index is 406. The minimum absolute atomic E-state index is 0.0170. The number of carbonyl (C=O) groups is 1. The van der Waals surface area contributed by atoms with Crippen LogP contribution in [0.5, 0.6) is 0 Å². The summed E-state index contributed by atoms with van der Waals surface area (Å²) in [6, 6.07) is 4.97. The van der Waals surface area contributed by atoms with Crippen molar-refractivity contribution in [2.24, 2.45) is 0 Å². The Balaban J connectivity index is 2.47. The molecule has 0 aliphatic heterocycles. The molecule has 1 atom stereocenters. The predicted octanol–water partition coefficient (Wildman–Crippen LogP) is 2.57. The standard InChI is InChI=1S/C13H17Cl2NO3/c1-2-6-19-8-12(18)16-7-11(17)13-9(14)4-3-5-10(13)15/h3-5,11,17H,2,6-8H2,1H3,(H,16,18)/t11-/m0/s1. The zero-order valence-corrected chi connectivity index (χ0v) is 12.2. The van der Waals surface area contributed by atoms with Crippen molar-refractivity contribution in [2.75, 3.05) is 19.8 Å². The van der Waals surface area contributed by atoms with E-state index in [4.69, 9.17) is 27.9 Å². The number of hydrogen-bond acceptors (Lipinski definition) is 3. The molecule has 19 heavy (non-hydrogen) atoms. The molecule has 1 amide bonds. The molecular formula is C13H17Cl2NO3. The van der Waals surface area contributed by atoms with Gasteiger partial charge in [-0.1, -0.05) is 36.2 Å². The first kappa shape index (κ1) is 16.2. The van der Waals surface area contributed by atoms with Gasteiger partial charge in [-0.15, -0.1) is 0 Å². The molecule has 1 aromatic carbocycles. The lowest BCUT2D eigenvalue weighted by Gasteiger charge is -2.15. The van der Waals surface area contributed by atoms with E-state index in [9.17, 15) is 9.90 Å². The van der Waals surface area contributed by atoms with Gasteiger partial charge in [0.2, 0.25) is 5.91 Å². The normalized spacial score (nSPS) is 12.2. The SMILES string of the molecule is CCCOCC(=O)NC[C@H](O)c1c(Cl)cccc1Cl. The van der Waals surface area contributed by atoms with Crippen molar-refractivity contribution in [1.29, 1.82) is 0 Å². The van der Waals surface area contributed by atoms with Crippen molar-refractivity contribution in [3.8, 4) is 0 Å². The number of ether oxygens (including phenoxy) is 1. The summed E-state index contributed by atoms with van der Waals surface area (Å²) in [5, 5.41) is 13.3. The number of aliphatic hydroxyl groups is 1. The Hall–Kier alpha value is -0.810. The van der Waals surface area contributed by atoms with Gasteiger partial charge in [0.15, 0.2) is 0 Å². The summed E-state index contributed by atoms with van der Waals surface area (Å²) >= 11 is 11.9. The lowest BCUT2D eigenvalue weighted by molar-refractivity contribution is -0.126. The fraction of sp³-hybridized carbons (Fsp3) is 0.462. The summed E-state index contributed by atoms with van der Waals surface area (Å²) < 4.78 is 5.08. The van der Waals surface area contributed by atoms with Crippen LogP contribution in [0, 0.1) is 0 Å². The maximum atomic E-state index is 11.4. The molecule has 0 radical (unpaired) electrons. The van der Waals surface area contributed by atoms with Crippen LogP contribution in [0.4, 0.5) is 0 Å². The molecular weight excluding hydrogens is 289 g/mol. The summed E-state index contributed by atoms with van der Waals surface area (Å²) in [7, 11) is 0. The van der Waals surface area contributed by atoms with Gasteiger partial charge in [-0.05, 0) is 18.6 Å². The van der Waals surface area contributed by atoms with Gasteiger partial charge >= 0.3 is 0 Å². The van der Waals surface area contributed by atoms with Gasteiger partial charge in [-0.2, -0.15) is 0 Å². The molecule has 0 aromatic heterocycles. The van der Waals surface area contributed by atoms with Crippen LogP contribution in [0.1, 0.15) is 25.0 Å². The minimum Gasteiger partial charge on any atom is -0.386 e. The fourth-order valence-electron chi connectivity index (χ4n) is 1.50. The van der Waals surface area contributed by atoms with Crippen LogP contribution in [0.3, 0.4) is 0 Å². The van der Waals surface area contributed by atoms with E-state index in [2.05, 4.69) is 5.32 Å². The van der Waals surface area contributed by atoms with Gasteiger partial charge < -0.3 is 15.2 Å². The number of amides is 1. The Labute approximate surface area is 122 Å². The number of nitrogens with one attached hydrogen (secondary N) is 1. The van der Waals surface area contributed by atoms with E-state index in [-0.39, 0.29) is 19.1 Å². The maximum Gasteiger partial charge on any atom is 0.246 e. The molecule has 4 nitrogen and oxygen atoms in total. The van der Waals surface area contributed by atoms with E-state index in [0.29, 0.717) is 22.2 Å². The van der Waals surface area contributed by atoms with Crippen molar-refractivity contribution >= 4 is 29.1 Å². The highest BCUT2D eigenvalue weighted by Crippen LogP contribution is 2.29. The number of aliphatic hydroxyl groups excluding tert-OH is 1. The van der Waals surface area contributed by atoms with Crippen LogP contribution >= 0.6 is 23.2 Å². The molecule has 1 rings (SSSR count). The smallest absolute Gasteiger partial charge is 0.246 e. The van der Waals surface area contributed by atoms with Gasteiger partial charge in [0.25, 0.3) is 0 Å². The van der Waals surface area contributed by atoms with Gasteiger partial charge in [0.1, 0.15) is 6.61 Å². The first-order valence-corrected chi connectivity index (χ1v) is 6.78. The van der Waals surface area contributed by atoms with E-state index in [0.717, 1.165) is 6.42 Å². The third-order valence-corrected chi connectivity index (χ3v) is 3.07. The van der Waals surface area contributed by atoms with Gasteiger partial charge in [0.05, 0.1) is 6.10 Å². The van der Waals surface area contributed by atoms with E-state index in [1.807, 2.05) is 6.92 Å². The molecule has 0 unspecified atom stereocenters. The lowest BCUT2D eigenvalue weighted by Crippen LogP contribution is -2.31. The second kappa shape index (κ2) is 8.38. The van der Waals surface area contributed by atoms with E-state index in [1.54, 1.807) is 18.2 Å². The van der Waals surface area contributed by atoms with Gasteiger partial charge in [-0.3, -0.25) is 4.79 Å². The second-order valence-electron chi connectivity index (χ2n) is 4.01. The summed E-state index contributed by atoms with van der Waals surface area (Å²) in [6.07, 6.45) is -0.0955. The van der Waals surface area contributed by atoms with Crippen LogP contribution in [0.15, 0.2) is 18.2 Å². The molecule has 0 saturated heterocycles. The van der Waals surface area contributed by atoms with E-state index >= 15 is 0 Å². The lowest BCUT2D eigenvalue weighted by atomic mass is 10.1. The fourth-order valence-corrected chi connectivity index (χ4v) is 2.15. The number of hydrogen-bond donors (Lipinski definition) is 2. The Morgan fingerprint density at radius 1 is 1.42 bits per heavy atom. The topological polar surface area (TPSA) is 58.6 Å². The van der Waals surface area contributed by atoms with Crippen molar-refractivity contribution in [2.45, 2.75) is 19.4 Å². The summed E-state index contributed by atoms with van der Waals surface area (Å²) in [5.74, 6) is -0.282. The summed E-state index contributed by atoms with van der Waals surface area (Å²) in [5.41, 5.74) is 0.417. The predicted molar refractivity (Wildman–Crippen MR) is 75.5 cm³/mol. The highest BCUT2D eigenvalue weighted by Gasteiger charge is 2.16. The van der Waals surface area contributed by atoms with Gasteiger partial charge in [-0.25, -0.2) is 0 Å². The number of halogens is 2. The molecule has 0 aliphatic carbocycles. The molecule has 0 saturated carbocycles. The average molecular weight is 306 g/mol. The number of carbonyl (C=O) groups excluding carboxylic acids is 1. The van der Waals surface area contributed by atoms with Crippen molar-refractivity contribution in [1.82, 2.24) is 5.32 Å².